The Morgan fingerprint density at radius 1 is 1.13 bits per heavy atom. The van der Waals surface area contributed by atoms with Crippen LogP contribution in [0.5, 0.6) is 0 Å². The summed E-state index contributed by atoms with van der Waals surface area (Å²) in [7, 11) is 0. The lowest BCUT2D eigenvalue weighted by molar-refractivity contribution is 0.103. The smallest absolute Gasteiger partial charge is 0.194 e. The second kappa shape index (κ2) is 3.96. The maximum Gasteiger partial charge on any atom is 0.194 e. The predicted octanol–water partition coefficient (Wildman–Crippen LogP) is 2.82. The fraction of sp³-hybridized carbons (Fsp3) is 0. The van der Waals surface area contributed by atoms with E-state index in [9.17, 15) is 4.79 Å². The van der Waals surface area contributed by atoms with Gasteiger partial charge in [-0.3, -0.25) is 4.79 Å². The number of nitrogens with zero attached hydrogens (tertiary/aromatic N) is 1. The number of benzene rings is 1. The molecule has 1 aromatic heterocycles. The number of carbonyl (C=O) groups excluding carboxylic acids is 1. The van der Waals surface area contributed by atoms with Crippen LogP contribution < -0.4 is 0 Å². The molecule has 0 unspecified atom stereocenters. The predicted molar refractivity (Wildman–Crippen MR) is 60.7 cm³/mol. The van der Waals surface area contributed by atoms with E-state index in [0.717, 1.165) is 0 Å². The van der Waals surface area contributed by atoms with Crippen LogP contribution in [-0.4, -0.2) is 10.4 Å². The molecule has 2 heteroatoms. The highest BCUT2D eigenvalue weighted by Gasteiger charge is 2.08. The van der Waals surface area contributed by atoms with Crippen molar-refractivity contribution in [1.82, 2.24) is 4.57 Å². The van der Waals surface area contributed by atoms with Gasteiger partial charge < -0.3 is 4.57 Å². The second-order valence-electron chi connectivity index (χ2n) is 3.23. The first kappa shape index (κ1) is 9.46. The molecule has 2 aromatic rings. The standard InChI is InChI=1S/C13H11NO/c1-2-14-9-8-12(10-14)13(15)11-6-4-3-5-7-11/h2-10H,1H2. The first-order valence-electron chi connectivity index (χ1n) is 4.71. The Morgan fingerprint density at radius 2 is 1.87 bits per heavy atom. The third kappa shape index (κ3) is 1.89. The molecule has 2 rings (SSSR count). The van der Waals surface area contributed by atoms with Crippen molar-refractivity contribution in [1.29, 1.82) is 0 Å². The Bertz CT molecular complexity index is 482. The first-order chi connectivity index (χ1) is 7.31. The van der Waals surface area contributed by atoms with Crippen LogP contribution in [0.3, 0.4) is 0 Å². The monoisotopic (exact) mass is 197 g/mol. The average molecular weight is 197 g/mol. The zero-order valence-electron chi connectivity index (χ0n) is 8.26. The maximum absolute atomic E-state index is 11.9. The summed E-state index contributed by atoms with van der Waals surface area (Å²) in [5, 5.41) is 0. The number of ketones is 1. The van der Waals surface area contributed by atoms with Gasteiger partial charge in [-0.25, -0.2) is 0 Å². The van der Waals surface area contributed by atoms with Crippen molar-refractivity contribution in [3.63, 3.8) is 0 Å². The van der Waals surface area contributed by atoms with Gasteiger partial charge in [0.05, 0.1) is 0 Å². The van der Waals surface area contributed by atoms with E-state index in [0.29, 0.717) is 11.1 Å². The van der Waals surface area contributed by atoms with E-state index >= 15 is 0 Å². The lowest BCUT2D eigenvalue weighted by Gasteiger charge is -1.96. The minimum atomic E-state index is 0.0381. The molecule has 0 atom stereocenters. The normalized spacial score (nSPS) is 9.87. The van der Waals surface area contributed by atoms with Gasteiger partial charge in [-0.2, -0.15) is 0 Å². The molecule has 1 aromatic carbocycles. The number of carbonyl (C=O) groups is 1. The van der Waals surface area contributed by atoms with E-state index in [2.05, 4.69) is 6.58 Å². The van der Waals surface area contributed by atoms with Crippen molar-refractivity contribution in [3.8, 4) is 0 Å². The van der Waals surface area contributed by atoms with Crippen molar-refractivity contribution in [3.05, 3.63) is 66.5 Å². The highest BCUT2D eigenvalue weighted by molar-refractivity contribution is 6.08. The largest absolute Gasteiger partial charge is 0.330 e. The van der Waals surface area contributed by atoms with E-state index < -0.39 is 0 Å². The molecule has 15 heavy (non-hydrogen) atoms. The average Bonchev–Trinajstić information content (AvgIpc) is 2.78. The Labute approximate surface area is 88.5 Å². The molecule has 0 aliphatic heterocycles. The topological polar surface area (TPSA) is 22.0 Å². The van der Waals surface area contributed by atoms with Crippen molar-refractivity contribution in [2.45, 2.75) is 0 Å². The Morgan fingerprint density at radius 3 is 2.47 bits per heavy atom. The van der Waals surface area contributed by atoms with Gasteiger partial charge in [0.15, 0.2) is 5.78 Å². The van der Waals surface area contributed by atoms with E-state index in [1.54, 1.807) is 23.0 Å². The van der Waals surface area contributed by atoms with Gasteiger partial charge in [0.1, 0.15) is 0 Å². The van der Waals surface area contributed by atoms with Gasteiger partial charge in [-0.05, 0) is 6.07 Å². The fourth-order valence-corrected chi connectivity index (χ4v) is 1.42. The van der Waals surface area contributed by atoms with Crippen LogP contribution >= 0.6 is 0 Å². The first-order valence-corrected chi connectivity index (χ1v) is 4.71. The number of hydrogen-bond acceptors (Lipinski definition) is 1. The summed E-state index contributed by atoms with van der Waals surface area (Å²) >= 11 is 0. The van der Waals surface area contributed by atoms with E-state index in [-0.39, 0.29) is 5.78 Å². The van der Waals surface area contributed by atoms with E-state index in [4.69, 9.17) is 0 Å². The molecular formula is C13H11NO. The molecule has 0 fully saturated rings. The summed E-state index contributed by atoms with van der Waals surface area (Å²) in [6.45, 7) is 3.63. The summed E-state index contributed by atoms with van der Waals surface area (Å²) in [5.41, 5.74) is 1.39. The summed E-state index contributed by atoms with van der Waals surface area (Å²) < 4.78 is 1.76. The Balaban J connectivity index is 2.32. The molecule has 0 radical (unpaired) electrons. The van der Waals surface area contributed by atoms with Gasteiger partial charge in [0.2, 0.25) is 0 Å². The molecule has 0 aliphatic carbocycles. The molecule has 74 valence electrons. The molecule has 0 aliphatic rings. The summed E-state index contributed by atoms with van der Waals surface area (Å²) in [6.07, 6.45) is 5.23. The molecule has 0 saturated heterocycles. The summed E-state index contributed by atoms with van der Waals surface area (Å²) in [5.74, 6) is 0.0381. The third-order valence-electron chi connectivity index (χ3n) is 2.22. The molecule has 0 amide bonds. The zero-order valence-corrected chi connectivity index (χ0v) is 8.26. The molecular weight excluding hydrogens is 186 g/mol. The molecule has 0 saturated carbocycles. The molecule has 0 bridgehead atoms. The molecule has 0 spiro atoms. The van der Waals surface area contributed by atoms with E-state index in [1.807, 2.05) is 36.5 Å². The van der Waals surface area contributed by atoms with Crippen molar-refractivity contribution in [2.24, 2.45) is 0 Å². The van der Waals surface area contributed by atoms with Crippen LogP contribution in [0.2, 0.25) is 0 Å². The van der Waals surface area contributed by atoms with Gasteiger partial charge in [0.25, 0.3) is 0 Å². The van der Waals surface area contributed by atoms with Crippen LogP contribution in [0, 0.1) is 0 Å². The summed E-state index contributed by atoms with van der Waals surface area (Å²) in [4.78, 5) is 11.9. The summed E-state index contributed by atoms with van der Waals surface area (Å²) in [6, 6.07) is 11.0. The van der Waals surface area contributed by atoms with Crippen LogP contribution in [0.4, 0.5) is 0 Å². The number of aromatic nitrogens is 1. The SMILES string of the molecule is C=Cn1ccc(C(=O)c2ccccc2)c1. The molecule has 0 N–H and O–H groups in total. The van der Waals surface area contributed by atoms with Crippen molar-refractivity contribution in [2.75, 3.05) is 0 Å². The van der Waals surface area contributed by atoms with Gasteiger partial charge in [-0.15, -0.1) is 0 Å². The quantitative estimate of drug-likeness (QED) is 0.693. The lowest BCUT2D eigenvalue weighted by Crippen LogP contribution is -1.98. The lowest BCUT2D eigenvalue weighted by atomic mass is 10.1. The number of rotatable bonds is 3. The maximum atomic E-state index is 11.9. The van der Waals surface area contributed by atoms with Gasteiger partial charge in [0, 0.05) is 29.7 Å². The van der Waals surface area contributed by atoms with Crippen LogP contribution in [0.15, 0.2) is 55.4 Å². The van der Waals surface area contributed by atoms with E-state index in [1.165, 1.54) is 0 Å². The number of hydrogen-bond donors (Lipinski definition) is 0. The van der Waals surface area contributed by atoms with Crippen LogP contribution in [0.1, 0.15) is 15.9 Å². The zero-order chi connectivity index (χ0) is 10.7. The third-order valence-corrected chi connectivity index (χ3v) is 2.22. The highest BCUT2D eigenvalue weighted by atomic mass is 16.1. The fourth-order valence-electron chi connectivity index (χ4n) is 1.42. The van der Waals surface area contributed by atoms with Gasteiger partial charge >= 0.3 is 0 Å². The van der Waals surface area contributed by atoms with Crippen LogP contribution in [-0.2, 0) is 0 Å². The molecule has 1 heterocycles. The minimum absolute atomic E-state index is 0.0381. The molecule has 2 nitrogen and oxygen atoms in total. The highest BCUT2D eigenvalue weighted by Crippen LogP contribution is 2.10. The second-order valence-corrected chi connectivity index (χ2v) is 3.23. The van der Waals surface area contributed by atoms with Crippen molar-refractivity contribution >= 4 is 12.0 Å². The Hall–Kier alpha value is -2.09. The Kier molecular flexibility index (Phi) is 2.50. The van der Waals surface area contributed by atoms with Gasteiger partial charge in [-0.1, -0.05) is 36.9 Å². The van der Waals surface area contributed by atoms with Crippen LogP contribution in [0.25, 0.3) is 6.20 Å². The minimum Gasteiger partial charge on any atom is -0.330 e. The van der Waals surface area contributed by atoms with Crippen molar-refractivity contribution < 1.29 is 4.79 Å².